The number of carbonyl (C=O) groups is 2. The SMILES string of the molecule is Cc1ccc(C)c(N2CC(c3nc4ccccc4n3CC(=O)N(C3CCCCC3)C3CCCCC3)CC2=O)c1. The van der Waals surface area contributed by atoms with Gasteiger partial charge in [0.2, 0.25) is 11.8 Å². The topological polar surface area (TPSA) is 58.4 Å². The lowest BCUT2D eigenvalue weighted by molar-refractivity contribution is -0.138. The Kier molecular flexibility index (Phi) is 7.46. The average Bonchev–Trinajstić information content (AvgIpc) is 3.51. The third-order valence-corrected chi connectivity index (χ3v) is 9.35. The summed E-state index contributed by atoms with van der Waals surface area (Å²) in [5.74, 6) is 1.19. The summed E-state index contributed by atoms with van der Waals surface area (Å²) in [5.41, 5.74) is 5.14. The van der Waals surface area contributed by atoms with Gasteiger partial charge < -0.3 is 14.4 Å². The molecule has 0 radical (unpaired) electrons. The van der Waals surface area contributed by atoms with Crippen LogP contribution in [-0.4, -0.2) is 44.9 Å². The van der Waals surface area contributed by atoms with Crippen molar-refractivity contribution < 1.29 is 9.59 Å². The van der Waals surface area contributed by atoms with E-state index in [1.54, 1.807) is 0 Å². The number of hydrogen-bond acceptors (Lipinski definition) is 3. The lowest BCUT2D eigenvalue weighted by atomic mass is 9.88. The van der Waals surface area contributed by atoms with Gasteiger partial charge in [0.25, 0.3) is 0 Å². The molecule has 0 bridgehead atoms. The van der Waals surface area contributed by atoms with Gasteiger partial charge in [0.15, 0.2) is 0 Å². The van der Waals surface area contributed by atoms with Crippen LogP contribution in [0.2, 0.25) is 0 Å². The summed E-state index contributed by atoms with van der Waals surface area (Å²) in [6.45, 7) is 5.03. The van der Waals surface area contributed by atoms with E-state index in [-0.39, 0.29) is 17.7 Å². The Labute approximate surface area is 232 Å². The van der Waals surface area contributed by atoms with Gasteiger partial charge in [0.05, 0.1) is 11.0 Å². The number of nitrogens with zero attached hydrogens (tertiary/aromatic N) is 4. The summed E-state index contributed by atoms with van der Waals surface area (Å²) in [7, 11) is 0. The molecular formula is C33H42N4O2. The first-order chi connectivity index (χ1) is 19.0. The molecule has 0 spiro atoms. The molecule has 2 amide bonds. The number of imidazole rings is 1. The van der Waals surface area contributed by atoms with Gasteiger partial charge in [-0.3, -0.25) is 9.59 Å². The average molecular weight is 527 g/mol. The van der Waals surface area contributed by atoms with E-state index in [9.17, 15) is 9.59 Å². The molecule has 206 valence electrons. The van der Waals surface area contributed by atoms with Crippen LogP contribution in [0.25, 0.3) is 11.0 Å². The van der Waals surface area contributed by atoms with Crippen molar-refractivity contribution in [2.24, 2.45) is 0 Å². The minimum Gasteiger partial charge on any atom is -0.335 e. The van der Waals surface area contributed by atoms with Crippen molar-refractivity contribution >= 4 is 28.5 Å². The zero-order valence-corrected chi connectivity index (χ0v) is 23.6. The molecule has 2 heterocycles. The maximum absolute atomic E-state index is 14.3. The van der Waals surface area contributed by atoms with Crippen molar-refractivity contribution in [2.75, 3.05) is 11.4 Å². The number of anilines is 1. The second kappa shape index (κ2) is 11.1. The summed E-state index contributed by atoms with van der Waals surface area (Å²) >= 11 is 0. The Balaban J connectivity index is 1.32. The monoisotopic (exact) mass is 526 g/mol. The molecule has 3 aliphatic rings. The second-order valence-corrected chi connectivity index (χ2v) is 12.1. The molecule has 1 aromatic heterocycles. The Hall–Kier alpha value is -3.15. The summed E-state index contributed by atoms with van der Waals surface area (Å²) in [6, 6.07) is 15.1. The Morgan fingerprint density at radius 3 is 2.28 bits per heavy atom. The zero-order chi connectivity index (χ0) is 26.9. The highest BCUT2D eigenvalue weighted by Gasteiger charge is 2.37. The summed E-state index contributed by atoms with van der Waals surface area (Å²) in [6.07, 6.45) is 12.4. The molecule has 6 nitrogen and oxygen atoms in total. The Morgan fingerprint density at radius 2 is 1.59 bits per heavy atom. The van der Waals surface area contributed by atoms with E-state index >= 15 is 0 Å². The molecule has 6 heteroatoms. The summed E-state index contributed by atoms with van der Waals surface area (Å²) in [5, 5.41) is 0. The lowest BCUT2D eigenvalue weighted by Gasteiger charge is -2.42. The third kappa shape index (κ3) is 5.22. The predicted molar refractivity (Wildman–Crippen MR) is 156 cm³/mol. The number of aryl methyl sites for hydroxylation is 2. The molecule has 3 fully saturated rings. The molecule has 1 aliphatic heterocycles. The van der Waals surface area contributed by atoms with E-state index in [0.717, 1.165) is 59.4 Å². The van der Waals surface area contributed by atoms with Crippen molar-refractivity contribution in [1.29, 1.82) is 0 Å². The van der Waals surface area contributed by atoms with Gasteiger partial charge in [-0.25, -0.2) is 4.98 Å². The third-order valence-electron chi connectivity index (χ3n) is 9.35. The van der Waals surface area contributed by atoms with E-state index in [1.165, 1.54) is 38.5 Å². The van der Waals surface area contributed by atoms with Crippen molar-refractivity contribution in [3.63, 3.8) is 0 Å². The highest BCUT2D eigenvalue weighted by molar-refractivity contribution is 5.97. The molecule has 39 heavy (non-hydrogen) atoms. The number of aromatic nitrogens is 2. The summed E-state index contributed by atoms with van der Waals surface area (Å²) < 4.78 is 2.14. The van der Waals surface area contributed by atoms with Crippen LogP contribution >= 0.6 is 0 Å². The van der Waals surface area contributed by atoms with Crippen LogP contribution in [0.3, 0.4) is 0 Å². The fourth-order valence-electron chi connectivity index (χ4n) is 7.34. The van der Waals surface area contributed by atoms with Crippen LogP contribution in [0.1, 0.15) is 93.5 Å². The largest absolute Gasteiger partial charge is 0.335 e. The molecule has 2 aromatic carbocycles. The molecule has 1 saturated heterocycles. The predicted octanol–water partition coefficient (Wildman–Crippen LogP) is 6.67. The molecule has 2 saturated carbocycles. The lowest BCUT2D eigenvalue weighted by Crippen LogP contribution is -2.50. The highest BCUT2D eigenvalue weighted by atomic mass is 16.2. The Bertz CT molecular complexity index is 1330. The molecular weight excluding hydrogens is 484 g/mol. The number of hydrogen-bond donors (Lipinski definition) is 0. The number of amides is 2. The van der Waals surface area contributed by atoms with Gasteiger partial charge in [-0.1, -0.05) is 62.8 Å². The van der Waals surface area contributed by atoms with E-state index in [4.69, 9.17) is 4.98 Å². The summed E-state index contributed by atoms with van der Waals surface area (Å²) in [4.78, 5) is 36.8. The van der Waals surface area contributed by atoms with Gasteiger partial charge in [0, 0.05) is 36.7 Å². The Morgan fingerprint density at radius 1 is 0.923 bits per heavy atom. The first-order valence-electron chi connectivity index (χ1n) is 15.1. The van der Waals surface area contributed by atoms with Crippen LogP contribution in [0.4, 0.5) is 5.69 Å². The molecule has 3 aromatic rings. The molecule has 1 unspecified atom stereocenters. The fraction of sp³-hybridized carbons (Fsp3) is 0.545. The van der Waals surface area contributed by atoms with E-state index in [0.29, 0.717) is 31.6 Å². The van der Waals surface area contributed by atoms with Crippen molar-refractivity contribution in [2.45, 2.75) is 109 Å². The van der Waals surface area contributed by atoms with Crippen LogP contribution < -0.4 is 4.90 Å². The number of fused-ring (bicyclic) bond motifs is 1. The molecule has 6 rings (SSSR count). The van der Waals surface area contributed by atoms with Crippen LogP contribution in [0.15, 0.2) is 42.5 Å². The number of benzene rings is 2. The molecule has 0 N–H and O–H groups in total. The number of para-hydroxylation sites is 2. The fourth-order valence-corrected chi connectivity index (χ4v) is 7.34. The first kappa shape index (κ1) is 26.1. The van der Waals surface area contributed by atoms with Crippen molar-refractivity contribution in [1.82, 2.24) is 14.5 Å². The van der Waals surface area contributed by atoms with Crippen molar-refractivity contribution in [3.05, 3.63) is 59.4 Å². The van der Waals surface area contributed by atoms with Gasteiger partial charge in [-0.15, -0.1) is 0 Å². The quantitative estimate of drug-likeness (QED) is 0.361. The van der Waals surface area contributed by atoms with E-state index in [1.807, 2.05) is 23.1 Å². The van der Waals surface area contributed by atoms with Gasteiger partial charge in [-0.2, -0.15) is 0 Å². The van der Waals surface area contributed by atoms with E-state index < -0.39 is 0 Å². The van der Waals surface area contributed by atoms with Crippen LogP contribution in [0.5, 0.6) is 0 Å². The maximum atomic E-state index is 14.3. The zero-order valence-electron chi connectivity index (χ0n) is 23.6. The maximum Gasteiger partial charge on any atom is 0.243 e. The molecule has 2 aliphatic carbocycles. The van der Waals surface area contributed by atoms with Crippen LogP contribution in [0, 0.1) is 13.8 Å². The standard InChI is InChI=1S/C33H42N4O2/c1-23-17-18-24(2)30(19-23)35-21-25(20-31(35)38)33-34-28-15-9-10-16-29(28)36(33)22-32(39)37(26-11-5-3-6-12-26)27-13-7-4-8-14-27/h9-10,15-19,25-27H,3-8,11-14,20-22H2,1-2H3. The normalized spacial score (nSPS) is 21.1. The minimum atomic E-state index is -0.0459. The molecule has 1 atom stereocenters. The van der Waals surface area contributed by atoms with Crippen LogP contribution in [-0.2, 0) is 16.1 Å². The number of carbonyl (C=O) groups excluding carboxylic acids is 2. The number of rotatable bonds is 6. The van der Waals surface area contributed by atoms with Gasteiger partial charge in [-0.05, 0) is 68.9 Å². The first-order valence-corrected chi connectivity index (χ1v) is 15.1. The van der Waals surface area contributed by atoms with Crippen molar-refractivity contribution in [3.8, 4) is 0 Å². The second-order valence-electron chi connectivity index (χ2n) is 12.1. The minimum absolute atomic E-state index is 0.0459. The van der Waals surface area contributed by atoms with Gasteiger partial charge in [0.1, 0.15) is 12.4 Å². The van der Waals surface area contributed by atoms with Gasteiger partial charge >= 0.3 is 0 Å². The highest BCUT2D eigenvalue weighted by Crippen LogP contribution is 2.36. The van der Waals surface area contributed by atoms with E-state index in [2.05, 4.69) is 47.6 Å². The smallest absolute Gasteiger partial charge is 0.243 e.